The lowest BCUT2D eigenvalue weighted by Gasteiger charge is -2.28. The minimum Gasteiger partial charge on any atom is -0.361 e. The zero-order valence-electron chi connectivity index (χ0n) is 17.7. The van der Waals surface area contributed by atoms with Gasteiger partial charge in [0.25, 0.3) is 5.91 Å². The van der Waals surface area contributed by atoms with Gasteiger partial charge in [-0.25, -0.2) is 4.90 Å². The fourth-order valence-electron chi connectivity index (χ4n) is 4.50. The highest BCUT2D eigenvalue weighted by Crippen LogP contribution is 2.47. The molecule has 0 unspecified atom stereocenters. The van der Waals surface area contributed by atoms with Crippen LogP contribution < -0.4 is 4.90 Å². The van der Waals surface area contributed by atoms with Crippen LogP contribution >= 0.6 is 0 Å². The van der Waals surface area contributed by atoms with Crippen molar-refractivity contribution in [2.24, 2.45) is 0 Å². The van der Waals surface area contributed by atoms with Crippen LogP contribution in [0.1, 0.15) is 35.6 Å². The SMILES string of the molecule is Cc1ccc(N2C(=O)C[C@H](N3O[C@@](O)(c4ccccc4)C[C@H]3c3ccccc3)C2=O)cc1. The Morgan fingerprint density at radius 3 is 2.16 bits per heavy atom. The molecule has 2 fully saturated rings. The number of hydrogen-bond acceptors (Lipinski definition) is 5. The van der Waals surface area contributed by atoms with E-state index in [4.69, 9.17) is 4.84 Å². The summed E-state index contributed by atoms with van der Waals surface area (Å²) in [4.78, 5) is 33.6. The molecule has 6 heteroatoms. The third-order valence-corrected chi connectivity index (χ3v) is 6.17. The van der Waals surface area contributed by atoms with Gasteiger partial charge >= 0.3 is 0 Å². The number of imide groups is 1. The summed E-state index contributed by atoms with van der Waals surface area (Å²) in [5.74, 6) is -2.23. The summed E-state index contributed by atoms with van der Waals surface area (Å²) in [5.41, 5.74) is 3.11. The number of carbonyl (C=O) groups is 2. The second-order valence-electron chi connectivity index (χ2n) is 8.36. The average Bonchev–Trinajstić information content (AvgIpc) is 3.33. The lowest BCUT2D eigenvalue weighted by Crippen LogP contribution is -2.42. The molecule has 2 saturated heterocycles. The van der Waals surface area contributed by atoms with Crippen LogP contribution in [0, 0.1) is 6.92 Å². The van der Waals surface area contributed by atoms with Crippen LogP contribution in [0.4, 0.5) is 5.69 Å². The number of hydroxylamine groups is 2. The van der Waals surface area contributed by atoms with Crippen molar-refractivity contribution in [2.45, 2.75) is 37.6 Å². The van der Waals surface area contributed by atoms with E-state index in [1.165, 1.54) is 9.96 Å². The van der Waals surface area contributed by atoms with Crippen molar-refractivity contribution in [1.82, 2.24) is 5.06 Å². The number of rotatable bonds is 4. The highest BCUT2D eigenvalue weighted by molar-refractivity contribution is 6.22. The predicted molar refractivity (Wildman–Crippen MR) is 119 cm³/mol. The average molecular weight is 428 g/mol. The summed E-state index contributed by atoms with van der Waals surface area (Å²) in [6.45, 7) is 1.95. The molecule has 0 aromatic heterocycles. The Morgan fingerprint density at radius 1 is 0.875 bits per heavy atom. The Morgan fingerprint density at radius 2 is 1.50 bits per heavy atom. The van der Waals surface area contributed by atoms with Gasteiger partial charge in [-0.1, -0.05) is 78.4 Å². The molecular formula is C26H24N2O4. The van der Waals surface area contributed by atoms with Gasteiger partial charge in [-0.05, 0) is 24.6 Å². The van der Waals surface area contributed by atoms with Gasteiger partial charge in [0.15, 0.2) is 0 Å². The van der Waals surface area contributed by atoms with E-state index < -0.39 is 11.8 Å². The van der Waals surface area contributed by atoms with Crippen LogP contribution in [0.3, 0.4) is 0 Å². The summed E-state index contributed by atoms with van der Waals surface area (Å²) in [5, 5.41) is 12.9. The van der Waals surface area contributed by atoms with Gasteiger partial charge in [0, 0.05) is 12.0 Å². The minimum absolute atomic E-state index is 0.0130. The van der Waals surface area contributed by atoms with E-state index >= 15 is 0 Å². The van der Waals surface area contributed by atoms with Crippen molar-refractivity contribution in [3.63, 3.8) is 0 Å². The molecule has 2 aliphatic heterocycles. The maximum atomic E-state index is 13.4. The minimum atomic E-state index is -1.59. The monoisotopic (exact) mass is 428 g/mol. The van der Waals surface area contributed by atoms with E-state index in [-0.39, 0.29) is 30.7 Å². The van der Waals surface area contributed by atoms with Crippen molar-refractivity contribution >= 4 is 17.5 Å². The fraction of sp³-hybridized carbons (Fsp3) is 0.231. The lowest BCUT2D eigenvalue weighted by atomic mass is 9.94. The Bertz CT molecular complexity index is 1130. The van der Waals surface area contributed by atoms with E-state index in [1.54, 1.807) is 24.3 Å². The van der Waals surface area contributed by atoms with Crippen LogP contribution in [0.5, 0.6) is 0 Å². The second-order valence-corrected chi connectivity index (χ2v) is 8.36. The summed E-state index contributed by atoms with van der Waals surface area (Å²) in [7, 11) is 0. The first-order valence-electron chi connectivity index (χ1n) is 10.7. The Kier molecular flexibility index (Phi) is 5.13. The summed E-state index contributed by atoms with van der Waals surface area (Å²) < 4.78 is 0. The number of aliphatic hydroxyl groups is 1. The highest BCUT2D eigenvalue weighted by Gasteiger charge is 2.54. The number of benzene rings is 3. The number of amides is 2. The molecule has 3 atom stereocenters. The number of hydrogen-bond donors (Lipinski definition) is 1. The largest absolute Gasteiger partial charge is 0.361 e. The number of aryl methyl sites for hydroxylation is 1. The van der Waals surface area contributed by atoms with Crippen LogP contribution in [0.15, 0.2) is 84.9 Å². The van der Waals surface area contributed by atoms with E-state index in [2.05, 4.69) is 0 Å². The standard InChI is InChI=1S/C26H24N2O4/c1-18-12-14-21(15-13-18)27-24(29)16-22(25(27)30)28-23(19-8-4-2-5-9-19)17-26(31,32-28)20-10-6-3-7-11-20/h2-15,22-23,31H,16-17H2,1H3/t22-,23-,26+/m0/s1. The van der Waals surface area contributed by atoms with Gasteiger partial charge in [0.1, 0.15) is 6.04 Å². The molecular weight excluding hydrogens is 404 g/mol. The molecule has 2 heterocycles. The van der Waals surface area contributed by atoms with Gasteiger partial charge in [-0.3, -0.25) is 14.4 Å². The molecule has 0 spiro atoms. The second kappa shape index (κ2) is 7.98. The Hall–Kier alpha value is -3.32. The molecule has 1 N–H and O–H groups in total. The Balaban J connectivity index is 1.50. The van der Waals surface area contributed by atoms with E-state index in [1.807, 2.05) is 67.6 Å². The van der Waals surface area contributed by atoms with Gasteiger partial charge in [-0.15, -0.1) is 0 Å². The van der Waals surface area contributed by atoms with Crippen molar-refractivity contribution in [3.8, 4) is 0 Å². The normalized spacial score (nSPS) is 26.1. The molecule has 0 bridgehead atoms. The number of nitrogens with zero attached hydrogens (tertiary/aromatic N) is 2. The predicted octanol–water partition coefficient (Wildman–Crippen LogP) is 3.85. The fourth-order valence-corrected chi connectivity index (χ4v) is 4.50. The molecule has 32 heavy (non-hydrogen) atoms. The van der Waals surface area contributed by atoms with Crippen molar-refractivity contribution in [1.29, 1.82) is 0 Å². The maximum absolute atomic E-state index is 13.4. The first kappa shape index (κ1) is 20.6. The smallest absolute Gasteiger partial charge is 0.254 e. The topological polar surface area (TPSA) is 70.1 Å². The quantitative estimate of drug-likeness (QED) is 0.640. The van der Waals surface area contributed by atoms with Crippen molar-refractivity contribution < 1.29 is 19.5 Å². The molecule has 162 valence electrons. The van der Waals surface area contributed by atoms with Gasteiger partial charge in [0.05, 0.1) is 18.2 Å². The van der Waals surface area contributed by atoms with Crippen LogP contribution in [-0.2, 0) is 20.2 Å². The van der Waals surface area contributed by atoms with Gasteiger partial charge in [0.2, 0.25) is 11.7 Å². The molecule has 0 saturated carbocycles. The molecule has 2 amide bonds. The molecule has 2 aliphatic rings. The zero-order valence-corrected chi connectivity index (χ0v) is 17.7. The summed E-state index contributed by atoms with van der Waals surface area (Å²) in [6.07, 6.45) is 0.227. The van der Waals surface area contributed by atoms with Crippen LogP contribution in [-0.4, -0.2) is 28.0 Å². The summed E-state index contributed by atoms with van der Waals surface area (Å²) in [6, 6.07) is 24.8. The first-order chi connectivity index (χ1) is 15.5. The summed E-state index contributed by atoms with van der Waals surface area (Å²) >= 11 is 0. The van der Waals surface area contributed by atoms with Crippen LogP contribution in [0.2, 0.25) is 0 Å². The van der Waals surface area contributed by atoms with E-state index in [9.17, 15) is 14.7 Å². The molecule has 3 aromatic rings. The molecule has 6 nitrogen and oxygen atoms in total. The zero-order chi connectivity index (χ0) is 22.3. The van der Waals surface area contributed by atoms with Crippen molar-refractivity contribution in [2.75, 3.05) is 4.90 Å². The molecule has 0 aliphatic carbocycles. The van der Waals surface area contributed by atoms with E-state index in [0.29, 0.717) is 11.3 Å². The third kappa shape index (κ3) is 3.52. The van der Waals surface area contributed by atoms with Crippen molar-refractivity contribution in [3.05, 3.63) is 102 Å². The van der Waals surface area contributed by atoms with Crippen LogP contribution in [0.25, 0.3) is 0 Å². The molecule has 3 aromatic carbocycles. The molecule has 0 radical (unpaired) electrons. The first-order valence-corrected chi connectivity index (χ1v) is 10.7. The third-order valence-electron chi connectivity index (χ3n) is 6.17. The molecule has 5 rings (SSSR count). The van der Waals surface area contributed by atoms with Gasteiger partial charge in [-0.2, -0.15) is 5.06 Å². The van der Waals surface area contributed by atoms with E-state index in [0.717, 1.165) is 11.1 Å². The number of carbonyl (C=O) groups excluding carboxylic acids is 2. The van der Waals surface area contributed by atoms with Gasteiger partial charge < -0.3 is 5.11 Å². The number of anilines is 1. The Labute approximate surface area is 186 Å². The highest BCUT2D eigenvalue weighted by atomic mass is 16.8. The lowest BCUT2D eigenvalue weighted by molar-refractivity contribution is -0.303. The maximum Gasteiger partial charge on any atom is 0.254 e.